The van der Waals surface area contributed by atoms with Gasteiger partial charge in [-0.25, -0.2) is 4.98 Å². The van der Waals surface area contributed by atoms with Gasteiger partial charge in [0.2, 0.25) is 0 Å². The van der Waals surface area contributed by atoms with Gasteiger partial charge in [-0.3, -0.25) is 9.55 Å². The molecule has 0 aliphatic carbocycles. The number of hydrogen-bond acceptors (Lipinski definition) is 3. The molecule has 0 radical (unpaired) electrons. The number of rotatable bonds is 5. The molecule has 2 heterocycles. The summed E-state index contributed by atoms with van der Waals surface area (Å²) < 4.78 is 2.29. The van der Waals surface area contributed by atoms with Crippen molar-refractivity contribution in [3.63, 3.8) is 0 Å². The molecule has 0 saturated carbocycles. The summed E-state index contributed by atoms with van der Waals surface area (Å²) in [6.07, 6.45) is 1.86. The summed E-state index contributed by atoms with van der Waals surface area (Å²) in [5, 5.41) is 11.7. The van der Waals surface area contributed by atoms with Crippen molar-refractivity contribution in [2.24, 2.45) is 0 Å². The summed E-state index contributed by atoms with van der Waals surface area (Å²) in [6, 6.07) is 37.8. The van der Waals surface area contributed by atoms with Crippen molar-refractivity contribution >= 4 is 11.0 Å². The van der Waals surface area contributed by atoms with Crippen LogP contribution in [0.4, 0.5) is 0 Å². The molecular formula is C51H54N3OPt-. The van der Waals surface area contributed by atoms with Crippen LogP contribution in [0.2, 0.25) is 0 Å². The first-order valence-corrected chi connectivity index (χ1v) is 19.4. The first-order chi connectivity index (χ1) is 25.8. The molecule has 7 aromatic rings. The van der Waals surface area contributed by atoms with Crippen LogP contribution in [0, 0.1) is 26.8 Å². The van der Waals surface area contributed by atoms with E-state index in [0.29, 0.717) is 11.4 Å². The minimum absolute atomic E-state index is 0. The molecule has 4 nitrogen and oxygen atoms in total. The number of hydrogen-bond donors (Lipinski definition) is 1. The number of nitrogens with zero attached hydrogens (tertiary/aromatic N) is 3. The topological polar surface area (TPSA) is 50.9 Å². The van der Waals surface area contributed by atoms with E-state index in [1.54, 1.807) is 6.07 Å². The third-order valence-corrected chi connectivity index (χ3v) is 10.7. The standard InChI is InChI=1S/C51H54N3O.Pt/c1-31-24-32(2)47(33(3)25-31)54-44-28-36(49(4,5)6)27-38(46(44)53-48(54)40-26-35(21-22-45(40)55)34-18-14-13-15-19-34)37-29-39(43-20-16-17-23-52-43)42(51(10,11)12)30-41(37)50(7,8)9;/h13-28,30,55H,1-12H3;/q-1;. The molecule has 0 atom stereocenters. The predicted octanol–water partition coefficient (Wildman–Crippen LogP) is 13.4. The quantitative estimate of drug-likeness (QED) is 0.175. The zero-order valence-electron chi connectivity index (χ0n) is 34.9. The number of fused-ring (bicyclic) bond motifs is 1. The van der Waals surface area contributed by atoms with Gasteiger partial charge in [-0.1, -0.05) is 146 Å². The van der Waals surface area contributed by atoms with Gasteiger partial charge in [0.25, 0.3) is 0 Å². The van der Waals surface area contributed by atoms with Gasteiger partial charge in [0.15, 0.2) is 0 Å². The predicted molar refractivity (Wildman–Crippen MR) is 231 cm³/mol. The van der Waals surface area contributed by atoms with E-state index >= 15 is 0 Å². The Morgan fingerprint density at radius 3 is 1.82 bits per heavy atom. The molecule has 0 fully saturated rings. The summed E-state index contributed by atoms with van der Waals surface area (Å²) in [6.45, 7) is 27.0. The van der Waals surface area contributed by atoms with Gasteiger partial charge in [-0.15, -0.1) is 28.8 Å². The van der Waals surface area contributed by atoms with Gasteiger partial charge in [0.1, 0.15) is 11.6 Å². The number of aromatic hydroxyl groups is 1. The number of aromatic nitrogens is 3. The van der Waals surface area contributed by atoms with E-state index in [2.05, 4.69) is 154 Å². The fourth-order valence-electron chi connectivity index (χ4n) is 7.91. The zero-order chi connectivity index (χ0) is 39.6. The second-order valence-corrected chi connectivity index (χ2v) is 18.3. The molecule has 1 N–H and O–H groups in total. The Kier molecular flexibility index (Phi) is 10.9. The molecule has 0 saturated heterocycles. The van der Waals surface area contributed by atoms with Gasteiger partial charge in [0, 0.05) is 33.0 Å². The maximum absolute atomic E-state index is 11.7. The molecule has 0 spiro atoms. The Labute approximate surface area is 348 Å². The number of pyridine rings is 1. The molecule has 0 unspecified atom stereocenters. The summed E-state index contributed by atoms with van der Waals surface area (Å²) in [4.78, 5) is 10.5. The van der Waals surface area contributed by atoms with Gasteiger partial charge in [-0.05, 0) is 89.1 Å². The molecule has 0 amide bonds. The van der Waals surface area contributed by atoms with Crippen LogP contribution in [0.3, 0.4) is 0 Å². The minimum Gasteiger partial charge on any atom is -0.507 e. The van der Waals surface area contributed by atoms with Crippen LogP contribution in [-0.2, 0) is 37.3 Å². The van der Waals surface area contributed by atoms with Crippen molar-refractivity contribution in [2.45, 2.75) is 99.3 Å². The van der Waals surface area contributed by atoms with Crippen molar-refractivity contribution in [2.75, 3.05) is 0 Å². The van der Waals surface area contributed by atoms with E-state index in [1.807, 2.05) is 36.5 Å². The largest absolute Gasteiger partial charge is 0.507 e. The average molecular weight is 920 g/mol. The molecule has 0 bridgehead atoms. The van der Waals surface area contributed by atoms with E-state index in [9.17, 15) is 5.11 Å². The molecule has 290 valence electrons. The Morgan fingerprint density at radius 2 is 1.23 bits per heavy atom. The molecule has 7 rings (SSSR count). The van der Waals surface area contributed by atoms with Crippen molar-refractivity contribution in [1.82, 2.24) is 14.5 Å². The fourth-order valence-corrected chi connectivity index (χ4v) is 7.91. The zero-order valence-corrected chi connectivity index (χ0v) is 37.2. The molecule has 2 aromatic heterocycles. The molecular weight excluding hydrogens is 866 g/mol. The third kappa shape index (κ3) is 7.66. The van der Waals surface area contributed by atoms with Crippen LogP contribution in [0.25, 0.3) is 61.6 Å². The van der Waals surface area contributed by atoms with E-state index < -0.39 is 0 Å². The Morgan fingerprint density at radius 1 is 0.607 bits per heavy atom. The monoisotopic (exact) mass is 919 g/mol. The van der Waals surface area contributed by atoms with Gasteiger partial charge in [0.05, 0.1) is 22.3 Å². The number of imidazole rings is 1. The first kappa shape index (κ1) is 40.9. The molecule has 5 aromatic carbocycles. The van der Waals surface area contributed by atoms with E-state index in [0.717, 1.165) is 61.4 Å². The molecule has 56 heavy (non-hydrogen) atoms. The van der Waals surface area contributed by atoms with E-state index in [-0.39, 0.29) is 43.1 Å². The molecule has 0 aliphatic heterocycles. The number of benzene rings is 5. The summed E-state index contributed by atoms with van der Waals surface area (Å²) in [7, 11) is 0. The molecule has 0 aliphatic rings. The minimum atomic E-state index is -0.212. The summed E-state index contributed by atoms with van der Waals surface area (Å²) in [5.74, 6) is 0.881. The smallest absolute Gasteiger partial charge is 0.148 e. The van der Waals surface area contributed by atoms with Crippen LogP contribution < -0.4 is 0 Å². The Hall–Kier alpha value is -4.79. The van der Waals surface area contributed by atoms with Crippen LogP contribution in [-0.4, -0.2) is 19.6 Å². The second-order valence-electron chi connectivity index (χ2n) is 18.3. The van der Waals surface area contributed by atoms with Crippen LogP contribution in [0.15, 0.2) is 103 Å². The van der Waals surface area contributed by atoms with Crippen LogP contribution in [0.5, 0.6) is 5.75 Å². The van der Waals surface area contributed by atoms with Crippen molar-refractivity contribution in [1.29, 1.82) is 0 Å². The Balaban J connectivity index is 0.00000532. The number of phenolic OH excluding ortho intramolecular Hbond substituents is 1. The number of aryl methyl sites for hydroxylation is 3. The van der Waals surface area contributed by atoms with Gasteiger partial charge >= 0.3 is 0 Å². The SMILES string of the molecule is Cc1cc(C)c(-n2c(-c3cc(-c4ccccc4)ccc3O)nc3c(-c4[c-]c(-c5ccccn5)c(C(C)(C)C)cc4C(C)(C)C)cc(C(C)(C)C)cc32)c(C)c1.[Pt]. The maximum atomic E-state index is 11.7. The fraction of sp³-hybridized carbons (Fsp3) is 0.294. The summed E-state index contributed by atoms with van der Waals surface area (Å²) >= 11 is 0. The van der Waals surface area contributed by atoms with Crippen molar-refractivity contribution < 1.29 is 26.2 Å². The van der Waals surface area contributed by atoms with Crippen molar-refractivity contribution in [3.05, 3.63) is 143 Å². The maximum Gasteiger partial charge on any atom is 0.148 e. The van der Waals surface area contributed by atoms with Gasteiger partial charge in [-0.2, -0.15) is 0 Å². The summed E-state index contributed by atoms with van der Waals surface area (Å²) in [5.41, 5.74) is 16.2. The first-order valence-electron chi connectivity index (χ1n) is 19.4. The van der Waals surface area contributed by atoms with Crippen LogP contribution in [0.1, 0.15) is 95.7 Å². The average Bonchev–Trinajstić information content (AvgIpc) is 3.49. The second kappa shape index (κ2) is 14.9. The molecule has 5 heteroatoms. The van der Waals surface area contributed by atoms with Gasteiger partial charge < -0.3 is 5.11 Å². The van der Waals surface area contributed by atoms with Crippen molar-refractivity contribution in [3.8, 4) is 56.3 Å². The van der Waals surface area contributed by atoms with E-state index in [1.165, 1.54) is 22.3 Å². The third-order valence-electron chi connectivity index (χ3n) is 10.7. The number of phenols is 1. The normalized spacial score (nSPS) is 12.2. The van der Waals surface area contributed by atoms with Crippen LogP contribution >= 0.6 is 0 Å². The van der Waals surface area contributed by atoms with E-state index in [4.69, 9.17) is 9.97 Å². The Bertz CT molecular complexity index is 2540.